The molecule has 0 aromatic carbocycles. The quantitative estimate of drug-likeness (QED) is 0.339. The van der Waals surface area contributed by atoms with Gasteiger partial charge in [0, 0.05) is 0 Å². The SMILES string of the molecule is CCCCCCCCCC1(OC(=O)C2CCCCC2C(=O)O)CCCCC1. The van der Waals surface area contributed by atoms with Gasteiger partial charge in [-0.1, -0.05) is 64.7 Å². The number of carbonyl (C=O) groups excluding carboxylic acids is 1. The molecule has 0 radical (unpaired) electrons. The Labute approximate surface area is 165 Å². The van der Waals surface area contributed by atoms with Gasteiger partial charge >= 0.3 is 11.9 Å². The number of unbranched alkanes of at least 4 members (excludes halogenated alkanes) is 6. The van der Waals surface area contributed by atoms with Gasteiger partial charge in [0.15, 0.2) is 0 Å². The lowest BCUT2D eigenvalue weighted by Gasteiger charge is -2.39. The van der Waals surface area contributed by atoms with Crippen molar-refractivity contribution < 1.29 is 19.4 Å². The molecule has 0 aromatic heterocycles. The number of hydrogen-bond donors (Lipinski definition) is 1. The Morgan fingerprint density at radius 3 is 2.07 bits per heavy atom. The lowest BCUT2D eigenvalue weighted by Crippen LogP contribution is -2.42. The maximum Gasteiger partial charge on any atom is 0.310 e. The average Bonchev–Trinajstić information content (AvgIpc) is 2.68. The molecule has 0 saturated heterocycles. The first-order chi connectivity index (χ1) is 13.1. The highest BCUT2D eigenvalue weighted by atomic mass is 16.6. The second-order valence-electron chi connectivity index (χ2n) is 8.87. The number of carbonyl (C=O) groups is 2. The van der Waals surface area contributed by atoms with Gasteiger partial charge in [0.1, 0.15) is 5.60 Å². The van der Waals surface area contributed by atoms with Crippen molar-refractivity contribution >= 4 is 11.9 Å². The molecule has 0 bridgehead atoms. The van der Waals surface area contributed by atoms with Crippen LogP contribution < -0.4 is 0 Å². The molecule has 2 aliphatic carbocycles. The van der Waals surface area contributed by atoms with Crippen molar-refractivity contribution in [2.45, 2.75) is 122 Å². The summed E-state index contributed by atoms with van der Waals surface area (Å²) in [7, 11) is 0. The van der Waals surface area contributed by atoms with Gasteiger partial charge < -0.3 is 9.84 Å². The molecule has 0 amide bonds. The van der Waals surface area contributed by atoms with E-state index in [0.29, 0.717) is 12.8 Å². The molecule has 2 atom stereocenters. The molecule has 4 heteroatoms. The van der Waals surface area contributed by atoms with Crippen LogP contribution in [0.5, 0.6) is 0 Å². The Morgan fingerprint density at radius 2 is 1.44 bits per heavy atom. The highest BCUT2D eigenvalue weighted by Crippen LogP contribution is 2.39. The average molecular weight is 381 g/mol. The maximum atomic E-state index is 12.9. The van der Waals surface area contributed by atoms with Crippen LogP contribution >= 0.6 is 0 Å². The zero-order valence-corrected chi connectivity index (χ0v) is 17.3. The van der Waals surface area contributed by atoms with Crippen LogP contribution in [0.1, 0.15) is 116 Å². The maximum absolute atomic E-state index is 12.9. The van der Waals surface area contributed by atoms with Crippen molar-refractivity contribution in [2.24, 2.45) is 11.8 Å². The van der Waals surface area contributed by atoms with Gasteiger partial charge in [-0.15, -0.1) is 0 Å². The minimum Gasteiger partial charge on any atom is -0.481 e. The number of carboxylic acid groups (broad SMARTS) is 1. The van der Waals surface area contributed by atoms with Gasteiger partial charge in [-0.3, -0.25) is 9.59 Å². The Bertz CT molecular complexity index is 453. The van der Waals surface area contributed by atoms with Crippen molar-refractivity contribution in [1.82, 2.24) is 0 Å². The second kappa shape index (κ2) is 11.7. The van der Waals surface area contributed by atoms with Crippen LogP contribution in [0, 0.1) is 11.8 Å². The van der Waals surface area contributed by atoms with Crippen molar-refractivity contribution in [2.75, 3.05) is 0 Å². The predicted octanol–water partition coefficient (Wildman–Crippen LogP) is 6.26. The molecule has 2 unspecified atom stereocenters. The second-order valence-corrected chi connectivity index (χ2v) is 8.87. The Kier molecular flexibility index (Phi) is 9.64. The van der Waals surface area contributed by atoms with E-state index in [9.17, 15) is 14.7 Å². The summed E-state index contributed by atoms with van der Waals surface area (Å²) >= 11 is 0. The van der Waals surface area contributed by atoms with E-state index in [1.54, 1.807) is 0 Å². The van der Waals surface area contributed by atoms with Crippen LogP contribution in [-0.4, -0.2) is 22.6 Å². The molecular formula is C23H40O4. The minimum atomic E-state index is -0.832. The molecule has 2 fully saturated rings. The molecule has 0 heterocycles. The molecule has 2 saturated carbocycles. The van der Waals surface area contributed by atoms with E-state index < -0.39 is 17.8 Å². The highest BCUT2D eigenvalue weighted by Gasteiger charge is 2.42. The van der Waals surface area contributed by atoms with Gasteiger partial charge in [0.25, 0.3) is 0 Å². The topological polar surface area (TPSA) is 63.6 Å². The van der Waals surface area contributed by atoms with Crippen LogP contribution in [0.4, 0.5) is 0 Å². The summed E-state index contributed by atoms with van der Waals surface area (Å²) in [5.41, 5.74) is -0.320. The van der Waals surface area contributed by atoms with E-state index in [2.05, 4.69) is 6.92 Å². The zero-order valence-electron chi connectivity index (χ0n) is 17.3. The van der Waals surface area contributed by atoms with Gasteiger partial charge in [-0.05, 0) is 51.4 Å². The van der Waals surface area contributed by atoms with Crippen LogP contribution in [0.25, 0.3) is 0 Å². The van der Waals surface area contributed by atoms with Gasteiger partial charge in [0.2, 0.25) is 0 Å². The summed E-state index contributed by atoms with van der Waals surface area (Å²) in [5.74, 6) is -2.05. The molecule has 4 nitrogen and oxygen atoms in total. The van der Waals surface area contributed by atoms with Crippen LogP contribution in [0.3, 0.4) is 0 Å². The molecule has 0 aromatic rings. The summed E-state index contributed by atoms with van der Waals surface area (Å²) < 4.78 is 6.14. The first kappa shape index (κ1) is 22.2. The molecule has 27 heavy (non-hydrogen) atoms. The number of carboxylic acids is 1. The third-order valence-corrected chi connectivity index (χ3v) is 6.70. The van der Waals surface area contributed by atoms with Gasteiger partial charge in [0.05, 0.1) is 11.8 Å². The largest absolute Gasteiger partial charge is 0.481 e. The van der Waals surface area contributed by atoms with Crippen LogP contribution in [0.15, 0.2) is 0 Å². The smallest absolute Gasteiger partial charge is 0.310 e. The summed E-state index contributed by atoms with van der Waals surface area (Å²) in [6.45, 7) is 2.24. The summed E-state index contributed by atoms with van der Waals surface area (Å²) in [5, 5.41) is 9.48. The fourth-order valence-electron chi connectivity index (χ4n) is 5.00. The van der Waals surface area contributed by atoms with Crippen LogP contribution in [0.2, 0.25) is 0 Å². The lowest BCUT2D eigenvalue weighted by molar-refractivity contribution is -0.176. The number of esters is 1. The van der Waals surface area contributed by atoms with E-state index in [4.69, 9.17) is 4.74 Å². The third kappa shape index (κ3) is 7.12. The van der Waals surface area contributed by atoms with Crippen molar-refractivity contribution in [3.63, 3.8) is 0 Å². The molecule has 2 aliphatic rings. The highest BCUT2D eigenvalue weighted by molar-refractivity contribution is 5.81. The first-order valence-corrected chi connectivity index (χ1v) is 11.5. The number of rotatable bonds is 11. The summed E-state index contributed by atoms with van der Waals surface area (Å²) in [4.78, 5) is 24.5. The third-order valence-electron chi connectivity index (χ3n) is 6.70. The normalized spacial score (nSPS) is 25.1. The molecule has 0 aliphatic heterocycles. The zero-order chi connectivity index (χ0) is 19.5. The number of hydrogen-bond acceptors (Lipinski definition) is 3. The van der Waals surface area contributed by atoms with Crippen molar-refractivity contribution in [3.05, 3.63) is 0 Å². The molecule has 2 rings (SSSR count). The Balaban J connectivity index is 1.86. The van der Waals surface area contributed by atoms with E-state index >= 15 is 0 Å². The van der Waals surface area contributed by atoms with Crippen molar-refractivity contribution in [1.29, 1.82) is 0 Å². The number of ether oxygens (including phenoxy) is 1. The Morgan fingerprint density at radius 1 is 0.852 bits per heavy atom. The Hall–Kier alpha value is -1.06. The van der Waals surface area contributed by atoms with Gasteiger partial charge in [-0.25, -0.2) is 0 Å². The standard InChI is InChI=1S/C23H40O4/c1-2-3-4-5-6-7-11-16-23(17-12-8-13-18-23)27-22(26)20-15-10-9-14-19(20)21(24)25/h19-20H,2-18H2,1H3,(H,24,25). The van der Waals surface area contributed by atoms with Crippen molar-refractivity contribution in [3.8, 4) is 0 Å². The fraction of sp³-hybridized carbons (Fsp3) is 0.913. The molecular weight excluding hydrogens is 340 g/mol. The fourth-order valence-corrected chi connectivity index (χ4v) is 5.00. The minimum absolute atomic E-state index is 0.230. The van der Waals surface area contributed by atoms with E-state index in [-0.39, 0.29) is 11.6 Å². The monoisotopic (exact) mass is 380 g/mol. The number of aliphatic carboxylic acids is 1. The summed E-state index contributed by atoms with van der Waals surface area (Å²) in [6.07, 6.45) is 18.3. The van der Waals surface area contributed by atoms with Gasteiger partial charge in [-0.2, -0.15) is 0 Å². The first-order valence-electron chi connectivity index (χ1n) is 11.5. The molecule has 1 N–H and O–H groups in total. The van der Waals surface area contributed by atoms with E-state index in [0.717, 1.165) is 51.4 Å². The summed E-state index contributed by atoms with van der Waals surface area (Å²) in [6, 6.07) is 0. The van der Waals surface area contributed by atoms with E-state index in [1.807, 2.05) is 0 Å². The molecule has 0 spiro atoms. The molecule has 156 valence electrons. The van der Waals surface area contributed by atoms with E-state index in [1.165, 1.54) is 44.9 Å². The predicted molar refractivity (Wildman–Crippen MR) is 108 cm³/mol. The van der Waals surface area contributed by atoms with Crippen LogP contribution in [-0.2, 0) is 14.3 Å². The lowest BCUT2D eigenvalue weighted by atomic mass is 9.78.